The number of carbonyl (C=O) groups excluding carboxylic acids is 1. The Kier molecular flexibility index (Phi) is 5.76. The van der Waals surface area contributed by atoms with Crippen molar-refractivity contribution in [2.24, 2.45) is 0 Å². The van der Waals surface area contributed by atoms with Gasteiger partial charge in [0.05, 0.1) is 0 Å². The molecule has 1 aromatic rings. The Morgan fingerprint density at radius 3 is 2.39 bits per heavy atom. The van der Waals surface area contributed by atoms with E-state index in [1.54, 1.807) is 12.1 Å². The van der Waals surface area contributed by atoms with Crippen LogP contribution in [0.1, 0.15) is 5.56 Å². The quantitative estimate of drug-likeness (QED) is 0.604. The summed E-state index contributed by atoms with van der Waals surface area (Å²) in [6.07, 6.45) is 0. The van der Waals surface area contributed by atoms with Crippen LogP contribution >= 0.6 is 7.82 Å². The summed E-state index contributed by atoms with van der Waals surface area (Å²) in [5.74, 6) is 4.53. The first-order valence-electron chi connectivity index (χ1n) is 5.05. The molecule has 0 N–H and O–H groups in total. The van der Waals surface area contributed by atoms with Gasteiger partial charge in [0.1, 0.15) is 6.61 Å². The summed E-state index contributed by atoms with van der Waals surface area (Å²) in [5, 5.41) is 0. The average molecular weight is 268 g/mol. The number of phosphoric ester groups is 1. The molecule has 0 aliphatic carbocycles. The minimum atomic E-state index is -3.62. The number of hydrogen-bond acceptors (Lipinski definition) is 5. The lowest BCUT2D eigenvalue weighted by Crippen LogP contribution is -2.06. The van der Waals surface area contributed by atoms with Crippen molar-refractivity contribution in [3.63, 3.8) is 0 Å². The summed E-state index contributed by atoms with van der Waals surface area (Å²) in [7, 11) is -1.28. The van der Waals surface area contributed by atoms with Crippen LogP contribution in [-0.2, 0) is 22.9 Å². The van der Waals surface area contributed by atoms with Crippen LogP contribution in [0.25, 0.3) is 0 Å². The van der Waals surface area contributed by atoms with E-state index in [2.05, 4.69) is 20.9 Å². The van der Waals surface area contributed by atoms with Crippen molar-refractivity contribution in [1.82, 2.24) is 0 Å². The standard InChI is InChI=1S/C12H13O5P/c1-15-18(14,16-2)17-10-12(13)9-8-11-6-4-3-5-7-11/h3-7H,10H2,1-2H3. The highest BCUT2D eigenvalue weighted by Crippen LogP contribution is 2.47. The highest BCUT2D eigenvalue weighted by atomic mass is 31.2. The van der Waals surface area contributed by atoms with Crippen molar-refractivity contribution in [2.75, 3.05) is 20.8 Å². The van der Waals surface area contributed by atoms with E-state index in [9.17, 15) is 9.36 Å². The molecule has 0 bridgehead atoms. The van der Waals surface area contributed by atoms with Crippen molar-refractivity contribution in [3.05, 3.63) is 35.9 Å². The maximum atomic E-state index is 11.5. The van der Waals surface area contributed by atoms with Crippen molar-refractivity contribution in [3.8, 4) is 11.8 Å². The average Bonchev–Trinajstić information content (AvgIpc) is 2.43. The van der Waals surface area contributed by atoms with Crippen LogP contribution in [0, 0.1) is 11.8 Å². The second-order valence-electron chi connectivity index (χ2n) is 3.13. The van der Waals surface area contributed by atoms with Crippen molar-refractivity contribution >= 4 is 13.6 Å². The smallest absolute Gasteiger partial charge is 0.290 e. The van der Waals surface area contributed by atoms with Gasteiger partial charge < -0.3 is 0 Å². The SMILES string of the molecule is COP(=O)(OC)OCC(=O)C#Cc1ccccc1. The molecule has 96 valence electrons. The van der Waals surface area contributed by atoms with Gasteiger partial charge in [-0.3, -0.25) is 18.4 Å². The van der Waals surface area contributed by atoms with Crippen molar-refractivity contribution in [1.29, 1.82) is 0 Å². The normalized spacial score (nSPS) is 10.6. The predicted octanol–water partition coefficient (Wildman–Crippen LogP) is 2.02. The molecule has 0 heterocycles. The Balaban J connectivity index is 2.54. The number of benzene rings is 1. The van der Waals surface area contributed by atoms with E-state index in [4.69, 9.17) is 4.52 Å². The van der Waals surface area contributed by atoms with Crippen molar-refractivity contribution < 1.29 is 22.9 Å². The van der Waals surface area contributed by atoms with Gasteiger partial charge in [-0.25, -0.2) is 4.57 Å². The Hall–Kier alpha value is -1.44. The molecule has 0 radical (unpaired) electrons. The van der Waals surface area contributed by atoms with Gasteiger partial charge in [-0.15, -0.1) is 0 Å². The minimum absolute atomic E-state index is 0.446. The molecule has 0 saturated heterocycles. The highest BCUT2D eigenvalue weighted by molar-refractivity contribution is 7.48. The van der Waals surface area contributed by atoms with Crippen LogP contribution in [0.15, 0.2) is 30.3 Å². The largest absolute Gasteiger partial charge is 0.474 e. The molecule has 0 aromatic heterocycles. The van der Waals surface area contributed by atoms with E-state index >= 15 is 0 Å². The van der Waals surface area contributed by atoms with E-state index in [-0.39, 0.29) is 0 Å². The third kappa shape index (κ3) is 4.82. The summed E-state index contributed by atoms with van der Waals surface area (Å²) in [6, 6.07) is 9.03. The zero-order valence-corrected chi connectivity index (χ0v) is 11.0. The van der Waals surface area contributed by atoms with E-state index < -0.39 is 20.2 Å². The van der Waals surface area contributed by atoms with Gasteiger partial charge in [0.2, 0.25) is 5.78 Å². The first kappa shape index (κ1) is 14.6. The summed E-state index contributed by atoms with van der Waals surface area (Å²) < 4.78 is 25.2. The molecule has 1 rings (SSSR count). The molecule has 0 saturated carbocycles. The molecule has 18 heavy (non-hydrogen) atoms. The van der Waals surface area contributed by atoms with Gasteiger partial charge in [0.25, 0.3) is 0 Å². The zero-order chi connectivity index (χ0) is 13.4. The van der Waals surface area contributed by atoms with E-state index in [1.807, 2.05) is 18.2 Å². The van der Waals surface area contributed by atoms with Crippen LogP contribution in [0.4, 0.5) is 0 Å². The number of hydrogen-bond donors (Lipinski definition) is 0. The third-order valence-electron chi connectivity index (χ3n) is 1.92. The van der Waals surface area contributed by atoms with Gasteiger partial charge >= 0.3 is 7.82 Å². The van der Waals surface area contributed by atoms with Crippen LogP contribution in [0.3, 0.4) is 0 Å². The lowest BCUT2D eigenvalue weighted by molar-refractivity contribution is -0.116. The molecular weight excluding hydrogens is 255 g/mol. The Morgan fingerprint density at radius 2 is 1.83 bits per heavy atom. The Morgan fingerprint density at radius 1 is 1.22 bits per heavy atom. The van der Waals surface area contributed by atoms with Gasteiger partial charge in [0, 0.05) is 19.8 Å². The van der Waals surface area contributed by atoms with Crippen molar-refractivity contribution in [2.45, 2.75) is 0 Å². The number of phosphoric acid groups is 1. The fraction of sp³-hybridized carbons (Fsp3) is 0.250. The molecule has 0 aliphatic heterocycles. The fourth-order valence-electron chi connectivity index (χ4n) is 1.02. The lowest BCUT2D eigenvalue weighted by Gasteiger charge is -2.11. The van der Waals surface area contributed by atoms with Crippen LogP contribution in [0.5, 0.6) is 0 Å². The van der Waals surface area contributed by atoms with Crippen LogP contribution < -0.4 is 0 Å². The third-order valence-corrected chi connectivity index (χ3v) is 3.26. The molecular formula is C12H13O5P. The van der Waals surface area contributed by atoms with Gasteiger partial charge in [-0.1, -0.05) is 24.1 Å². The maximum Gasteiger partial charge on any atom is 0.474 e. The highest BCUT2D eigenvalue weighted by Gasteiger charge is 2.23. The Bertz CT molecular complexity index is 492. The van der Waals surface area contributed by atoms with Crippen LogP contribution in [0.2, 0.25) is 0 Å². The number of ketones is 1. The summed E-state index contributed by atoms with van der Waals surface area (Å²) in [6.45, 7) is -0.446. The minimum Gasteiger partial charge on any atom is -0.290 e. The Labute approximate surface area is 106 Å². The second kappa shape index (κ2) is 7.10. The summed E-state index contributed by atoms with van der Waals surface area (Å²) in [4.78, 5) is 11.4. The number of rotatable bonds is 5. The van der Waals surface area contributed by atoms with E-state index in [0.717, 1.165) is 0 Å². The molecule has 0 unspecified atom stereocenters. The predicted molar refractivity (Wildman–Crippen MR) is 65.9 cm³/mol. The lowest BCUT2D eigenvalue weighted by atomic mass is 10.2. The second-order valence-corrected chi connectivity index (χ2v) is 5.01. The topological polar surface area (TPSA) is 61.8 Å². The molecule has 1 aromatic carbocycles. The summed E-state index contributed by atoms with van der Waals surface area (Å²) >= 11 is 0. The molecule has 0 amide bonds. The van der Waals surface area contributed by atoms with Gasteiger partial charge in [-0.2, -0.15) is 0 Å². The van der Waals surface area contributed by atoms with E-state index in [1.165, 1.54) is 14.2 Å². The molecule has 6 heteroatoms. The maximum absolute atomic E-state index is 11.5. The van der Waals surface area contributed by atoms with Gasteiger partial charge in [-0.05, 0) is 18.1 Å². The van der Waals surface area contributed by atoms with E-state index in [0.29, 0.717) is 5.56 Å². The summed E-state index contributed by atoms with van der Waals surface area (Å²) in [5.41, 5.74) is 0.715. The molecule has 0 fully saturated rings. The number of Topliss-reactive ketones (excluding diaryl/α,β-unsaturated/α-hetero) is 1. The van der Waals surface area contributed by atoms with Crippen LogP contribution in [-0.4, -0.2) is 26.6 Å². The fourth-order valence-corrected chi connectivity index (χ4v) is 1.65. The zero-order valence-electron chi connectivity index (χ0n) is 10.1. The molecule has 0 aliphatic rings. The van der Waals surface area contributed by atoms with Gasteiger partial charge in [0.15, 0.2) is 0 Å². The first-order chi connectivity index (χ1) is 8.59. The molecule has 0 spiro atoms. The number of carbonyl (C=O) groups is 1. The molecule has 0 atom stereocenters. The molecule has 5 nitrogen and oxygen atoms in total. The first-order valence-corrected chi connectivity index (χ1v) is 6.51. The monoisotopic (exact) mass is 268 g/mol.